The highest BCUT2D eigenvalue weighted by molar-refractivity contribution is 5.68. The second-order valence-electron chi connectivity index (χ2n) is 3.57. The van der Waals surface area contributed by atoms with Crippen molar-refractivity contribution in [2.75, 3.05) is 5.32 Å². The summed E-state index contributed by atoms with van der Waals surface area (Å²) in [6.07, 6.45) is -4.41. The average Bonchev–Trinajstić information content (AvgIpc) is 2.28. The fourth-order valence-corrected chi connectivity index (χ4v) is 1.57. The maximum atomic E-state index is 12.2. The van der Waals surface area contributed by atoms with E-state index in [1.54, 1.807) is 12.1 Å². The third-order valence-electron chi connectivity index (χ3n) is 2.26. The summed E-state index contributed by atoms with van der Waals surface area (Å²) in [5.74, 6) is 0. The van der Waals surface area contributed by atoms with Gasteiger partial charge in [-0.15, -0.1) is 0 Å². The highest BCUT2D eigenvalue weighted by Crippen LogP contribution is 2.25. The minimum absolute atomic E-state index is 0.0406. The van der Waals surface area contributed by atoms with Crippen molar-refractivity contribution in [2.24, 2.45) is 0 Å². The third kappa shape index (κ3) is 3.24. The first kappa shape index (κ1) is 11.5. The van der Waals surface area contributed by atoms with Gasteiger partial charge in [-0.05, 0) is 23.3 Å². The molecule has 0 aliphatic rings. The standard InChI is InChI=1S/C13H10F3N/c14-13(15,16)17-12-8-4-7-11(9-12)10-5-2-1-3-6-10/h1-9,17H. The number of rotatable bonds is 2. The summed E-state index contributed by atoms with van der Waals surface area (Å²) < 4.78 is 36.5. The van der Waals surface area contributed by atoms with E-state index in [9.17, 15) is 13.2 Å². The number of halogens is 3. The van der Waals surface area contributed by atoms with E-state index in [2.05, 4.69) is 0 Å². The van der Waals surface area contributed by atoms with Gasteiger partial charge in [0.1, 0.15) is 0 Å². The van der Waals surface area contributed by atoms with Gasteiger partial charge in [-0.2, -0.15) is 13.2 Å². The number of nitrogens with one attached hydrogen (secondary N) is 1. The first-order valence-electron chi connectivity index (χ1n) is 5.05. The molecule has 0 saturated heterocycles. The third-order valence-corrected chi connectivity index (χ3v) is 2.26. The molecule has 0 aromatic heterocycles. The molecule has 17 heavy (non-hydrogen) atoms. The van der Waals surface area contributed by atoms with Crippen molar-refractivity contribution in [3.63, 3.8) is 0 Å². The molecular weight excluding hydrogens is 227 g/mol. The normalized spacial score (nSPS) is 11.2. The zero-order valence-electron chi connectivity index (χ0n) is 8.83. The van der Waals surface area contributed by atoms with Crippen LogP contribution in [0.25, 0.3) is 11.1 Å². The van der Waals surface area contributed by atoms with Crippen LogP contribution in [0.5, 0.6) is 0 Å². The fourth-order valence-electron chi connectivity index (χ4n) is 1.57. The number of anilines is 1. The molecule has 0 spiro atoms. The smallest absolute Gasteiger partial charge is 0.297 e. The van der Waals surface area contributed by atoms with E-state index in [-0.39, 0.29) is 5.69 Å². The summed E-state index contributed by atoms with van der Waals surface area (Å²) in [6, 6.07) is 15.5. The Hall–Kier alpha value is -1.97. The Morgan fingerprint density at radius 3 is 2.06 bits per heavy atom. The lowest BCUT2D eigenvalue weighted by atomic mass is 10.1. The van der Waals surface area contributed by atoms with Crippen LogP contribution in [0.1, 0.15) is 0 Å². The Kier molecular flexibility index (Phi) is 3.04. The average molecular weight is 237 g/mol. The van der Waals surface area contributed by atoms with Gasteiger partial charge in [0.2, 0.25) is 0 Å². The second-order valence-corrected chi connectivity index (χ2v) is 3.57. The lowest BCUT2D eigenvalue weighted by Gasteiger charge is -2.11. The SMILES string of the molecule is FC(F)(F)Nc1cccc(-c2ccccc2)c1. The molecule has 0 heterocycles. The van der Waals surface area contributed by atoms with Crippen LogP contribution in [0, 0.1) is 0 Å². The van der Waals surface area contributed by atoms with Crippen molar-refractivity contribution >= 4 is 5.69 Å². The molecule has 1 nitrogen and oxygen atoms in total. The molecule has 0 unspecified atom stereocenters. The van der Waals surface area contributed by atoms with Crippen LogP contribution in [-0.2, 0) is 0 Å². The number of alkyl halides is 3. The van der Waals surface area contributed by atoms with Crippen LogP contribution in [0.15, 0.2) is 54.6 Å². The topological polar surface area (TPSA) is 12.0 Å². The van der Waals surface area contributed by atoms with Crippen molar-refractivity contribution in [2.45, 2.75) is 6.30 Å². The molecular formula is C13H10F3N. The lowest BCUT2D eigenvalue weighted by molar-refractivity contribution is -0.0999. The molecule has 0 atom stereocenters. The zero-order valence-corrected chi connectivity index (χ0v) is 8.83. The summed E-state index contributed by atoms with van der Waals surface area (Å²) >= 11 is 0. The van der Waals surface area contributed by atoms with E-state index in [0.717, 1.165) is 11.1 Å². The Morgan fingerprint density at radius 2 is 1.41 bits per heavy atom. The Morgan fingerprint density at radius 1 is 0.765 bits per heavy atom. The van der Waals surface area contributed by atoms with Crippen molar-refractivity contribution in [3.8, 4) is 11.1 Å². The predicted octanol–water partition coefficient (Wildman–Crippen LogP) is 4.29. The summed E-state index contributed by atoms with van der Waals surface area (Å²) in [6.45, 7) is 0. The van der Waals surface area contributed by atoms with Crippen molar-refractivity contribution in [1.82, 2.24) is 0 Å². The van der Waals surface area contributed by atoms with Crippen LogP contribution >= 0.6 is 0 Å². The Labute approximate surface area is 96.9 Å². The van der Waals surface area contributed by atoms with Gasteiger partial charge in [0.25, 0.3) is 0 Å². The van der Waals surface area contributed by atoms with E-state index in [0.29, 0.717) is 0 Å². The first-order valence-corrected chi connectivity index (χ1v) is 5.05. The molecule has 1 N–H and O–H groups in total. The monoisotopic (exact) mass is 237 g/mol. The molecule has 0 radical (unpaired) electrons. The van der Waals surface area contributed by atoms with Gasteiger partial charge in [0.05, 0.1) is 0 Å². The maximum absolute atomic E-state index is 12.2. The number of hydrogen-bond acceptors (Lipinski definition) is 1. The highest BCUT2D eigenvalue weighted by Gasteiger charge is 2.26. The van der Waals surface area contributed by atoms with Gasteiger partial charge in [0.15, 0.2) is 0 Å². The van der Waals surface area contributed by atoms with Crippen LogP contribution in [0.2, 0.25) is 0 Å². The second kappa shape index (κ2) is 4.49. The molecule has 4 heteroatoms. The summed E-state index contributed by atoms with van der Waals surface area (Å²) in [4.78, 5) is 0. The summed E-state index contributed by atoms with van der Waals surface area (Å²) in [5.41, 5.74) is 1.68. The molecule has 0 saturated carbocycles. The molecule has 88 valence electrons. The van der Waals surface area contributed by atoms with Gasteiger partial charge in [-0.3, -0.25) is 5.32 Å². The van der Waals surface area contributed by atoms with Gasteiger partial charge in [0, 0.05) is 5.69 Å². The fraction of sp³-hybridized carbons (Fsp3) is 0.0769. The summed E-state index contributed by atoms with van der Waals surface area (Å²) in [5, 5.41) is 1.49. The van der Waals surface area contributed by atoms with Crippen LogP contribution in [0.4, 0.5) is 18.9 Å². The van der Waals surface area contributed by atoms with E-state index < -0.39 is 6.30 Å². The van der Waals surface area contributed by atoms with Gasteiger partial charge < -0.3 is 0 Å². The molecule has 0 aliphatic carbocycles. The van der Waals surface area contributed by atoms with Crippen LogP contribution in [-0.4, -0.2) is 6.30 Å². The van der Waals surface area contributed by atoms with E-state index in [4.69, 9.17) is 0 Å². The van der Waals surface area contributed by atoms with Crippen LogP contribution in [0.3, 0.4) is 0 Å². The molecule has 2 rings (SSSR count). The largest absolute Gasteiger partial charge is 0.482 e. The van der Waals surface area contributed by atoms with Crippen molar-refractivity contribution in [3.05, 3.63) is 54.6 Å². The first-order chi connectivity index (χ1) is 8.04. The van der Waals surface area contributed by atoms with Crippen LogP contribution < -0.4 is 5.32 Å². The van der Waals surface area contributed by atoms with Gasteiger partial charge in [-0.1, -0.05) is 42.5 Å². The van der Waals surface area contributed by atoms with E-state index >= 15 is 0 Å². The highest BCUT2D eigenvalue weighted by atomic mass is 19.4. The van der Waals surface area contributed by atoms with Crippen molar-refractivity contribution in [1.29, 1.82) is 0 Å². The molecule has 2 aromatic carbocycles. The lowest BCUT2D eigenvalue weighted by Crippen LogP contribution is -2.20. The Bertz CT molecular complexity index is 492. The molecule has 0 aliphatic heterocycles. The molecule has 0 bridgehead atoms. The Balaban J connectivity index is 2.29. The molecule has 0 amide bonds. The van der Waals surface area contributed by atoms with E-state index in [1.165, 1.54) is 17.4 Å². The van der Waals surface area contributed by atoms with Gasteiger partial charge in [-0.25, -0.2) is 0 Å². The van der Waals surface area contributed by atoms with E-state index in [1.807, 2.05) is 30.3 Å². The van der Waals surface area contributed by atoms with Crippen molar-refractivity contribution < 1.29 is 13.2 Å². The predicted molar refractivity (Wildman–Crippen MR) is 61.6 cm³/mol. The minimum Gasteiger partial charge on any atom is -0.297 e. The number of hydrogen-bond donors (Lipinski definition) is 1. The zero-order chi connectivity index (χ0) is 12.3. The maximum Gasteiger partial charge on any atom is 0.482 e. The molecule has 2 aromatic rings. The molecule has 0 fully saturated rings. The number of benzene rings is 2. The quantitative estimate of drug-likeness (QED) is 0.768. The minimum atomic E-state index is -4.41. The summed E-state index contributed by atoms with van der Waals surface area (Å²) in [7, 11) is 0. The van der Waals surface area contributed by atoms with Gasteiger partial charge >= 0.3 is 6.30 Å².